The zero-order valence-corrected chi connectivity index (χ0v) is 10.4. The van der Waals surface area contributed by atoms with Gasteiger partial charge < -0.3 is 5.11 Å². The topological polar surface area (TPSA) is 83.5 Å². The maximum absolute atomic E-state index is 11.4. The minimum absolute atomic E-state index is 0.101. The predicted octanol–water partition coefficient (Wildman–Crippen LogP) is 1.06. The normalized spacial score (nSPS) is 11.6. The second-order valence-corrected chi connectivity index (χ2v) is 6.25. The summed E-state index contributed by atoms with van der Waals surface area (Å²) in [7, 11) is -2.01. The van der Waals surface area contributed by atoms with Gasteiger partial charge in [0.1, 0.15) is 4.21 Å². The van der Waals surface area contributed by atoms with Gasteiger partial charge in [0, 0.05) is 6.42 Å². The summed E-state index contributed by atoms with van der Waals surface area (Å²) in [5.41, 5.74) is 0.861. The molecule has 0 saturated carbocycles. The van der Waals surface area contributed by atoms with Gasteiger partial charge in [0.25, 0.3) is 0 Å². The van der Waals surface area contributed by atoms with Crippen LogP contribution < -0.4 is 4.72 Å². The molecule has 0 bridgehead atoms. The van der Waals surface area contributed by atoms with E-state index in [1.165, 1.54) is 7.05 Å². The molecule has 90 valence electrons. The lowest BCUT2D eigenvalue weighted by molar-refractivity contribution is -0.137. The molecule has 0 fully saturated rings. The molecular weight excluding hydrogens is 250 g/mol. The molecule has 0 aliphatic carbocycles. The highest BCUT2D eigenvalue weighted by molar-refractivity contribution is 7.91. The van der Waals surface area contributed by atoms with E-state index in [1.54, 1.807) is 11.4 Å². The molecule has 16 heavy (non-hydrogen) atoms. The molecule has 0 aromatic carbocycles. The molecule has 0 spiro atoms. The number of rotatable bonds is 6. The van der Waals surface area contributed by atoms with Gasteiger partial charge in [0.05, 0.1) is 0 Å². The Labute approximate surface area is 98.2 Å². The van der Waals surface area contributed by atoms with Crippen LogP contribution in [0.1, 0.15) is 18.4 Å². The zero-order chi connectivity index (χ0) is 12.2. The van der Waals surface area contributed by atoms with Gasteiger partial charge in [0.15, 0.2) is 0 Å². The van der Waals surface area contributed by atoms with E-state index in [0.717, 1.165) is 16.9 Å². The van der Waals surface area contributed by atoms with Crippen LogP contribution in [0.3, 0.4) is 0 Å². The molecule has 1 heterocycles. The van der Waals surface area contributed by atoms with Gasteiger partial charge in [-0.05, 0) is 36.9 Å². The van der Waals surface area contributed by atoms with Crippen molar-refractivity contribution in [2.45, 2.75) is 23.5 Å². The number of thiophene rings is 1. The number of nitrogens with one attached hydrogen (secondary N) is 1. The number of aryl methyl sites for hydroxylation is 1. The average molecular weight is 263 g/mol. The number of sulfonamides is 1. The van der Waals surface area contributed by atoms with Gasteiger partial charge in [-0.25, -0.2) is 13.1 Å². The van der Waals surface area contributed by atoms with Gasteiger partial charge in [0.2, 0.25) is 10.0 Å². The number of hydrogen-bond acceptors (Lipinski definition) is 4. The molecule has 0 radical (unpaired) electrons. The van der Waals surface area contributed by atoms with Crippen molar-refractivity contribution in [2.24, 2.45) is 0 Å². The van der Waals surface area contributed by atoms with Crippen molar-refractivity contribution in [1.29, 1.82) is 0 Å². The summed E-state index contributed by atoms with van der Waals surface area (Å²) in [5, 5.41) is 10.2. The fraction of sp³-hybridized carbons (Fsp3) is 0.444. The van der Waals surface area contributed by atoms with Crippen LogP contribution in [0.25, 0.3) is 0 Å². The number of carboxylic acid groups (broad SMARTS) is 1. The monoisotopic (exact) mass is 263 g/mol. The van der Waals surface area contributed by atoms with Gasteiger partial charge in [-0.1, -0.05) is 0 Å². The Morgan fingerprint density at radius 3 is 2.81 bits per heavy atom. The third kappa shape index (κ3) is 3.58. The van der Waals surface area contributed by atoms with E-state index in [1.807, 2.05) is 0 Å². The number of aliphatic carboxylic acids is 1. The van der Waals surface area contributed by atoms with Crippen molar-refractivity contribution in [2.75, 3.05) is 7.05 Å². The largest absolute Gasteiger partial charge is 0.481 e. The fourth-order valence-electron chi connectivity index (χ4n) is 1.17. The van der Waals surface area contributed by atoms with Crippen LogP contribution >= 0.6 is 11.3 Å². The molecule has 2 N–H and O–H groups in total. The first kappa shape index (κ1) is 13.1. The highest BCUT2D eigenvalue weighted by atomic mass is 32.2. The summed E-state index contributed by atoms with van der Waals surface area (Å²) in [6, 6.07) is 1.58. The molecular formula is C9H13NO4S2. The van der Waals surface area contributed by atoms with Crippen LogP contribution in [0, 0.1) is 0 Å². The molecule has 5 nitrogen and oxygen atoms in total. The average Bonchev–Trinajstić information content (AvgIpc) is 2.66. The maximum atomic E-state index is 11.4. The Morgan fingerprint density at radius 2 is 2.25 bits per heavy atom. The number of hydrogen-bond donors (Lipinski definition) is 2. The summed E-state index contributed by atoms with van der Waals surface area (Å²) in [5.74, 6) is -0.835. The Balaban J connectivity index is 2.62. The lowest BCUT2D eigenvalue weighted by atomic mass is 10.1. The minimum atomic E-state index is -3.37. The van der Waals surface area contributed by atoms with E-state index in [0.29, 0.717) is 12.8 Å². The van der Waals surface area contributed by atoms with E-state index in [-0.39, 0.29) is 10.6 Å². The van der Waals surface area contributed by atoms with Gasteiger partial charge in [-0.2, -0.15) is 0 Å². The fourth-order valence-corrected chi connectivity index (χ4v) is 3.25. The first-order valence-electron chi connectivity index (χ1n) is 4.68. The quantitative estimate of drug-likeness (QED) is 0.804. The molecule has 0 unspecified atom stereocenters. The smallest absolute Gasteiger partial charge is 0.303 e. The van der Waals surface area contributed by atoms with E-state index < -0.39 is 16.0 Å². The van der Waals surface area contributed by atoms with Crippen molar-refractivity contribution in [3.05, 3.63) is 17.0 Å². The second kappa shape index (κ2) is 5.42. The van der Waals surface area contributed by atoms with E-state index in [2.05, 4.69) is 4.72 Å². The van der Waals surface area contributed by atoms with Crippen molar-refractivity contribution in [3.8, 4) is 0 Å². The lowest BCUT2D eigenvalue weighted by Crippen LogP contribution is -2.17. The molecule has 0 atom stereocenters. The van der Waals surface area contributed by atoms with E-state index >= 15 is 0 Å². The Morgan fingerprint density at radius 1 is 1.56 bits per heavy atom. The number of carboxylic acids is 1. The SMILES string of the molecule is CNS(=O)(=O)c1cc(CCCC(=O)O)cs1. The Kier molecular flexibility index (Phi) is 4.45. The summed E-state index contributed by atoms with van der Waals surface area (Å²) in [6.07, 6.45) is 1.21. The third-order valence-corrected chi connectivity index (χ3v) is 4.92. The zero-order valence-electron chi connectivity index (χ0n) is 8.76. The standard InChI is InChI=1S/C9H13NO4S2/c1-10-16(13,14)9-5-7(6-15-9)3-2-4-8(11)12/h5-6,10H,2-4H2,1H3,(H,11,12). The minimum Gasteiger partial charge on any atom is -0.481 e. The van der Waals surface area contributed by atoms with Crippen LogP contribution in [0.5, 0.6) is 0 Å². The van der Waals surface area contributed by atoms with Crippen LogP contribution in [0.4, 0.5) is 0 Å². The Hall–Kier alpha value is -0.920. The van der Waals surface area contributed by atoms with Gasteiger partial charge in [-0.15, -0.1) is 11.3 Å². The van der Waals surface area contributed by atoms with Crippen molar-refractivity contribution >= 4 is 27.3 Å². The van der Waals surface area contributed by atoms with E-state index in [4.69, 9.17) is 5.11 Å². The maximum Gasteiger partial charge on any atom is 0.303 e. The summed E-state index contributed by atoms with van der Waals surface area (Å²) in [4.78, 5) is 10.3. The van der Waals surface area contributed by atoms with Crippen molar-refractivity contribution in [1.82, 2.24) is 4.72 Å². The summed E-state index contributed by atoms with van der Waals surface area (Å²) in [6.45, 7) is 0. The van der Waals surface area contributed by atoms with Gasteiger partial charge >= 0.3 is 5.97 Å². The molecule has 0 aliphatic heterocycles. The van der Waals surface area contributed by atoms with E-state index in [9.17, 15) is 13.2 Å². The first-order chi connectivity index (χ1) is 7.45. The van der Waals surface area contributed by atoms with Crippen LogP contribution in [-0.4, -0.2) is 26.5 Å². The van der Waals surface area contributed by atoms with Crippen molar-refractivity contribution in [3.63, 3.8) is 0 Å². The predicted molar refractivity (Wildman–Crippen MR) is 61.1 cm³/mol. The summed E-state index contributed by atoms with van der Waals surface area (Å²) >= 11 is 1.14. The molecule has 1 rings (SSSR count). The Bertz CT molecular complexity index is 464. The molecule has 0 aliphatic rings. The van der Waals surface area contributed by atoms with Crippen LogP contribution in [0.15, 0.2) is 15.7 Å². The second-order valence-electron chi connectivity index (χ2n) is 3.23. The third-order valence-electron chi connectivity index (χ3n) is 2.02. The molecule has 1 aromatic heterocycles. The molecule has 0 saturated heterocycles. The van der Waals surface area contributed by atoms with Crippen LogP contribution in [-0.2, 0) is 21.2 Å². The number of carbonyl (C=O) groups is 1. The van der Waals surface area contributed by atoms with Crippen LogP contribution in [0.2, 0.25) is 0 Å². The van der Waals surface area contributed by atoms with Crippen molar-refractivity contribution < 1.29 is 18.3 Å². The highest BCUT2D eigenvalue weighted by Crippen LogP contribution is 2.21. The van der Waals surface area contributed by atoms with Gasteiger partial charge in [-0.3, -0.25) is 4.79 Å². The summed E-state index contributed by atoms with van der Waals surface area (Å²) < 4.78 is 25.3. The molecule has 7 heteroatoms. The first-order valence-corrected chi connectivity index (χ1v) is 7.05. The lowest BCUT2D eigenvalue weighted by Gasteiger charge is -1.96. The molecule has 1 aromatic rings. The highest BCUT2D eigenvalue weighted by Gasteiger charge is 2.13. The molecule has 0 amide bonds.